The SMILES string of the molecule is O=c1[nH]c(-c2ccc(Cl)cc2)nc2c1sc1nnc(-c3ccccc3)c(-c3ccccc3)c12. The number of nitrogens with one attached hydrogen (secondary N) is 1. The summed E-state index contributed by atoms with van der Waals surface area (Å²) in [5.74, 6) is 0.487. The van der Waals surface area contributed by atoms with Gasteiger partial charge in [0, 0.05) is 27.1 Å². The largest absolute Gasteiger partial charge is 0.305 e. The van der Waals surface area contributed by atoms with Crippen LogP contribution in [0.25, 0.3) is 54.2 Å². The predicted molar refractivity (Wildman–Crippen MR) is 135 cm³/mol. The fourth-order valence-corrected chi connectivity index (χ4v) is 5.05. The highest BCUT2D eigenvalue weighted by Crippen LogP contribution is 2.41. The number of thiophene rings is 1. The molecule has 0 saturated heterocycles. The average Bonchev–Trinajstić information content (AvgIpc) is 3.24. The minimum Gasteiger partial charge on any atom is -0.305 e. The van der Waals surface area contributed by atoms with Gasteiger partial charge in [-0.25, -0.2) is 4.98 Å². The van der Waals surface area contributed by atoms with Crippen LogP contribution in [0.1, 0.15) is 0 Å². The standard InChI is InChI=1S/C26H15ClN4OS/c27-18-13-11-17(12-14-18)24-28-22-20-19(15-7-3-1-4-8-15)21(16-9-5-2-6-10-16)30-31-26(20)33-23(22)25(32)29-24/h1-14H,(H,28,29,32). The van der Waals surface area contributed by atoms with Gasteiger partial charge in [-0.2, -0.15) is 0 Å². The van der Waals surface area contributed by atoms with Crippen LogP contribution in [0, 0.1) is 0 Å². The monoisotopic (exact) mass is 466 g/mol. The molecular formula is C26H15ClN4OS. The van der Waals surface area contributed by atoms with Gasteiger partial charge >= 0.3 is 0 Å². The molecule has 7 heteroatoms. The number of aromatic amines is 1. The summed E-state index contributed by atoms with van der Waals surface area (Å²) in [5.41, 5.74) is 4.81. The maximum Gasteiger partial charge on any atom is 0.269 e. The van der Waals surface area contributed by atoms with Crippen molar-refractivity contribution in [1.82, 2.24) is 20.2 Å². The van der Waals surface area contributed by atoms with E-state index in [0.29, 0.717) is 25.9 Å². The van der Waals surface area contributed by atoms with Gasteiger partial charge in [0.25, 0.3) is 5.56 Å². The molecule has 0 unspecified atom stereocenters. The van der Waals surface area contributed by atoms with E-state index in [1.54, 1.807) is 12.1 Å². The van der Waals surface area contributed by atoms with Crippen LogP contribution >= 0.6 is 22.9 Å². The minimum atomic E-state index is -0.201. The maximum atomic E-state index is 13.1. The molecular weight excluding hydrogens is 452 g/mol. The lowest BCUT2D eigenvalue weighted by molar-refractivity contribution is 1.09. The van der Waals surface area contributed by atoms with Crippen molar-refractivity contribution >= 4 is 43.4 Å². The van der Waals surface area contributed by atoms with Crippen molar-refractivity contribution in [3.63, 3.8) is 0 Å². The van der Waals surface area contributed by atoms with Crippen molar-refractivity contribution in [2.45, 2.75) is 0 Å². The molecule has 0 aliphatic carbocycles. The Hall–Kier alpha value is -3.87. The zero-order chi connectivity index (χ0) is 22.4. The Morgan fingerprint density at radius 1 is 0.758 bits per heavy atom. The Labute approximate surface area is 197 Å². The van der Waals surface area contributed by atoms with Crippen LogP contribution in [0.3, 0.4) is 0 Å². The lowest BCUT2D eigenvalue weighted by Crippen LogP contribution is -2.07. The molecule has 3 heterocycles. The van der Waals surface area contributed by atoms with Gasteiger partial charge in [0.15, 0.2) is 0 Å². The quantitative estimate of drug-likeness (QED) is 0.319. The van der Waals surface area contributed by atoms with E-state index >= 15 is 0 Å². The summed E-state index contributed by atoms with van der Waals surface area (Å²) in [4.78, 5) is 21.5. The highest BCUT2D eigenvalue weighted by Gasteiger charge is 2.21. The third-order valence-corrected chi connectivity index (χ3v) is 6.80. The minimum absolute atomic E-state index is 0.201. The van der Waals surface area contributed by atoms with Gasteiger partial charge < -0.3 is 4.98 Å². The van der Waals surface area contributed by atoms with E-state index in [1.807, 2.05) is 72.8 Å². The Morgan fingerprint density at radius 2 is 1.42 bits per heavy atom. The number of rotatable bonds is 3. The highest BCUT2D eigenvalue weighted by molar-refractivity contribution is 7.25. The summed E-state index contributed by atoms with van der Waals surface area (Å²) in [7, 11) is 0. The molecule has 0 amide bonds. The molecule has 0 saturated carbocycles. The number of aromatic nitrogens is 4. The zero-order valence-corrected chi connectivity index (χ0v) is 18.7. The fraction of sp³-hybridized carbons (Fsp3) is 0. The summed E-state index contributed by atoms with van der Waals surface area (Å²) in [6, 6.07) is 27.2. The summed E-state index contributed by atoms with van der Waals surface area (Å²) in [5, 5.41) is 10.5. The van der Waals surface area contributed by atoms with E-state index in [-0.39, 0.29) is 5.56 Å². The van der Waals surface area contributed by atoms with Gasteiger partial charge in [-0.3, -0.25) is 4.79 Å². The van der Waals surface area contributed by atoms with E-state index in [0.717, 1.165) is 33.3 Å². The van der Waals surface area contributed by atoms with E-state index in [4.69, 9.17) is 16.6 Å². The third-order valence-electron chi connectivity index (χ3n) is 5.48. The van der Waals surface area contributed by atoms with E-state index in [1.165, 1.54) is 11.3 Å². The van der Waals surface area contributed by atoms with E-state index in [9.17, 15) is 4.79 Å². The summed E-state index contributed by atoms with van der Waals surface area (Å²) < 4.78 is 0.527. The summed E-state index contributed by atoms with van der Waals surface area (Å²) in [6.07, 6.45) is 0. The molecule has 3 aromatic carbocycles. The lowest BCUT2D eigenvalue weighted by Gasteiger charge is -2.10. The number of hydrogen-bond acceptors (Lipinski definition) is 5. The molecule has 3 aromatic heterocycles. The smallest absolute Gasteiger partial charge is 0.269 e. The number of hydrogen-bond donors (Lipinski definition) is 1. The molecule has 33 heavy (non-hydrogen) atoms. The first-order valence-electron chi connectivity index (χ1n) is 10.3. The number of fused-ring (bicyclic) bond motifs is 3. The first kappa shape index (κ1) is 19.8. The Morgan fingerprint density at radius 3 is 2.12 bits per heavy atom. The van der Waals surface area contributed by atoms with E-state index < -0.39 is 0 Å². The molecule has 5 nitrogen and oxygen atoms in total. The first-order valence-corrected chi connectivity index (χ1v) is 11.5. The van der Waals surface area contributed by atoms with Crippen molar-refractivity contribution in [2.24, 2.45) is 0 Å². The molecule has 0 atom stereocenters. The fourth-order valence-electron chi connectivity index (χ4n) is 3.96. The number of H-pyrrole nitrogens is 1. The Kier molecular flexibility index (Phi) is 4.75. The normalized spacial score (nSPS) is 11.3. The molecule has 1 N–H and O–H groups in total. The highest BCUT2D eigenvalue weighted by atomic mass is 35.5. The molecule has 0 fully saturated rings. The van der Waals surface area contributed by atoms with Crippen molar-refractivity contribution in [3.05, 3.63) is 100 Å². The summed E-state index contributed by atoms with van der Waals surface area (Å²) >= 11 is 7.35. The number of benzene rings is 3. The second-order valence-corrected chi connectivity index (χ2v) is 8.97. The van der Waals surface area contributed by atoms with Gasteiger partial charge in [0.1, 0.15) is 21.0 Å². The molecule has 0 aliphatic heterocycles. The average molecular weight is 467 g/mol. The van der Waals surface area contributed by atoms with E-state index in [2.05, 4.69) is 15.2 Å². The molecule has 0 bridgehead atoms. The molecule has 0 radical (unpaired) electrons. The number of halogens is 1. The molecule has 6 aromatic rings. The van der Waals surface area contributed by atoms with Gasteiger partial charge in [-0.15, -0.1) is 21.5 Å². The van der Waals surface area contributed by atoms with Gasteiger partial charge in [0.2, 0.25) is 0 Å². The van der Waals surface area contributed by atoms with Gasteiger partial charge in [0.05, 0.1) is 5.52 Å². The van der Waals surface area contributed by atoms with Crippen molar-refractivity contribution < 1.29 is 0 Å². The Bertz CT molecular complexity index is 1680. The lowest BCUT2D eigenvalue weighted by atomic mass is 9.97. The van der Waals surface area contributed by atoms with Gasteiger partial charge in [-0.1, -0.05) is 72.3 Å². The topological polar surface area (TPSA) is 71.5 Å². The van der Waals surface area contributed by atoms with Crippen LogP contribution in [0.15, 0.2) is 89.7 Å². The van der Waals surface area contributed by atoms with Crippen LogP contribution in [-0.2, 0) is 0 Å². The van der Waals surface area contributed by atoms with Crippen molar-refractivity contribution in [1.29, 1.82) is 0 Å². The molecule has 0 aliphatic rings. The molecule has 6 rings (SSSR count). The number of nitrogens with zero attached hydrogens (tertiary/aromatic N) is 3. The second-order valence-electron chi connectivity index (χ2n) is 7.54. The van der Waals surface area contributed by atoms with Crippen LogP contribution in [-0.4, -0.2) is 20.2 Å². The molecule has 158 valence electrons. The van der Waals surface area contributed by atoms with Crippen molar-refractivity contribution in [2.75, 3.05) is 0 Å². The third kappa shape index (κ3) is 3.40. The Balaban J connectivity index is 1.74. The zero-order valence-electron chi connectivity index (χ0n) is 17.1. The summed E-state index contributed by atoms with van der Waals surface area (Å²) in [6.45, 7) is 0. The van der Waals surface area contributed by atoms with Crippen LogP contribution in [0.5, 0.6) is 0 Å². The molecule has 0 spiro atoms. The predicted octanol–water partition coefficient (Wildman–Crippen LogP) is 6.58. The van der Waals surface area contributed by atoms with Crippen LogP contribution in [0.4, 0.5) is 0 Å². The second kappa shape index (κ2) is 7.92. The van der Waals surface area contributed by atoms with Crippen LogP contribution < -0.4 is 5.56 Å². The maximum absolute atomic E-state index is 13.1. The first-order chi connectivity index (χ1) is 16.2. The van der Waals surface area contributed by atoms with Gasteiger partial charge in [-0.05, 0) is 29.8 Å². The van der Waals surface area contributed by atoms with Crippen molar-refractivity contribution in [3.8, 4) is 33.8 Å². The van der Waals surface area contributed by atoms with Crippen LogP contribution in [0.2, 0.25) is 5.02 Å².